The number of pyridine rings is 1. The minimum absolute atomic E-state index is 0.0154. The first-order valence-corrected chi connectivity index (χ1v) is 10.5. The van der Waals surface area contributed by atoms with Crippen LogP contribution in [0.15, 0.2) is 60.9 Å². The van der Waals surface area contributed by atoms with Crippen molar-refractivity contribution >= 4 is 32.6 Å². The molecule has 4 aromatic rings. The fraction of sp³-hybridized carbons (Fsp3) is 0.174. The summed E-state index contributed by atoms with van der Waals surface area (Å²) in [6.07, 6.45) is 3.30. The third kappa shape index (κ3) is 4.69. The van der Waals surface area contributed by atoms with E-state index in [4.69, 9.17) is 4.74 Å². The summed E-state index contributed by atoms with van der Waals surface area (Å²) < 4.78 is 33.8. The van der Waals surface area contributed by atoms with Gasteiger partial charge in [0.05, 0.1) is 17.3 Å². The zero-order chi connectivity index (χ0) is 22.0. The summed E-state index contributed by atoms with van der Waals surface area (Å²) in [7, 11) is 0. The highest BCUT2D eigenvalue weighted by Crippen LogP contribution is 2.33. The minimum Gasteiger partial charge on any atom is -0.491 e. The maximum atomic E-state index is 14.2. The van der Waals surface area contributed by atoms with Crippen molar-refractivity contribution in [2.75, 3.05) is 4.90 Å². The van der Waals surface area contributed by atoms with Crippen LogP contribution in [0.1, 0.15) is 29.8 Å². The van der Waals surface area contributed by atoms with Gasteiger partial charge in [-0.05, 0) is 55.8 Å². The number of carbonyl (C=O) groups is 1. The smallest absolute Gasteiger partial charge is 0.260 e. The zero-order valence-corrected chi connectivity index (χ0v) is 17.7. The summed E-state index contributed by atoms with van der Waals surface area (Å²) in [5, 5.41) is 0.274. The molecule has 0 N–H and O–H groups in total. The minimum atomic E-state index is -0.763. The molecular weight excluding hydrogens is 420 g/mol. The number of fused-ring (bicyclic) bond motifs is 1. The number of ether oxygens (including phenoxy) is 1. The monoisotopic (exact) mass is 439 g/mol. The number of hydrogen-bond acceptors (Lipinski definition) is 5. The maximum absolute atomic E-state index is 14.2. The van der Waals surface area contributed by atoms with Crippen molar-refractivity contribution in [1.82, 2.24) is 9.97 Å². The first-order valence-electron chi connectivity index (χ1n) is 9.64. The molecule has 0 fully saturated rings. The topological polar surface area (TPSA) is 55.3 Å². The molecule has 158 valence electrons. The second kappa shape index (κ2) is 8.77. The van der Waals surface area contributed by atoms with Crippen molar-refractivity contribution < 1.29 is 18.3 Å². The zero-order valence-electron chi connectivity index (χ0n) is 16.9. The van der Waals surface area contributed by atoms with Crippen LogP contribution in [0.25, 0.3) is 10.2 Å². The molecule has 2 heterocycles. The van der Waals surface area contributed by atoms with Gasteiger partial charge in [-0.1, -0.05) is 17.4 Å². The van der Waals surface area contributed by atoms with E-state index >= 15 is 0 Å². The largest absolute Gasteiger partial charge is 0.491 e. The number of aromatic nitrogens is 2. The number of amides is 1. The van der Waals surface area contributed by atoms with Crippen LogP contribution in [0.2, 0.25) is 0 Å². The maximum Gasteiger partial charge on any atom is 0.260 e. The molecule has 0 atom stereocenters. The van der Waals surface area contributed by atoms with Crippen molar-refractivity contribution in [3.63, 3.8) is 0 Å². The van der Waals surface area contributed by atoms with Crippen LogP contribution >= 0.6 is 11.3 Å². The molecule has 5 nitrogen and oxygen atoms in total. The predicted octanol–water partition coefficient (Wildman–Crippen LogP) is 5.60. The van der Waals surface area contributed by atoms with E-state index in [-0.39, 0.29) is 29.2 Å². The van der Waals surface area contributed by atoms with Crippen molar-refractivity contribution in [1.29, 1.82) is 0 Å². The number of thiazole rings is 1. The summed E-state index contributed by atoms with van der Waals surface area (Å²) in [6.45, 7) is 4.02. The lowest BCUT2D eigenvalue weighted by Gasteiger charge is -2.20. The van der Waals surface area contributed by atoms with Gasteiger partial charge < -0.3 is 4.74 Å². The molecular formula is C23H19F2N3O2S. The summed E-state index contributed by atoms with van der Waals surface area (Å²) in [6, 6.07) is 12.4. The number of benzene rings is 2. The molecule has 2 aromatic carbocycles. The van der Waals surface area contributed by atoms with Crippen LogP contribution < -0.4 is 9.64 Å². The Kier molecular flexibility index (Phi) is 5.90. The van der Waals surface area contributed by atoms with E-state index in [1.54, 1.807) is 42.7 Å². The van der Waals surface area contributed by atoms with E-state index in [0.717, 1.165) is 23.0 Å². The van der Waals surface area contributed by atoms with Gasteiger partial charge in [0.1, 0.15) is 17.1 Å². The average molecular weight is 439 g/mol. The summed E-state index contributed by atoms with van der Waals surface area (Å²) in [5.41, 5.74) is 1.23. The van der Waals surface area contributed by atoms with Gasteiger partial charge in [-0.3, -0.25) is 14.7 Å². The summed E-state index contributed by atoms with van der Waals surface area (Å²) in [4.78, 5) is 23.2. The van der Waals surface area contributed by atoms with E-state index in [1.807, 2.05) is 19.9 Å². The highest BCUT2D eigenvalue weighted by atomic mass is 32.1. The number of nitrogens with zero attached hydrogens (tertiary/aromatic N) is 3. The van der Waals surface area contributed by atoms with Crippen molar-refractivity contribution in [2.45, 2.75) is 26.5 Å². The Morgan fingerprint density at radius 1 is 1.16 bits per heavy atom. The second-order valence-electron chi connectivity index (χ2n) is 7.17. The summed E-state index contributed by atoms with van der Waals surface area (Å²) in [5.74, 6) is -1.12. The summed E-state index contributed by atoms with van der Waals surface area (Å²) >= 11 is 1.06. The molecule has 2 aromatic heterocycles. The quantitative estimate of drug-likeness (QED) is 0.392. The second-order valence-corrected chi connectivity index (χ2v) is 8.18. The van der Waals surface area contributed by atoms with Gasteiger partial charge in [0, 0.05) is 24.0 Å². The van der Waals surface area contributed by atoms with Gasteiger partial charge in [0.15, 0.2) is 10.9 Å². The molecule has 0 spiro atoms. The Labute approximate surface area is 181 Å². The van der Waals surface area contributed by atoms with Gasteiger partial charge >= 0.3 is 0 Å². The highest BCUT2D eigenvalue weighted by molar-refractivity contribution is 7.22. The molecule has 0 saturated carbocycles. The van der Waals surface area contributed by atoms with Crippen molar-refractivity contribution in [3.8, 4) is 5.75 Å². The van der Waals surface area contributed by atoms with Crippen molar-refractivity contribution in [2.24, 2.45) is 0 Å². The molecule has 4 rings (SSSR count). The number of carbonyl (C=O) groups excluding carboxylic acids is 1. The van der Waals surface area contributed by atoms with Crippen LogP contribution in [-0.2, 0) is 6.54 Å². The van der Waals surface area contributed by atoms with Gasteiger partial charge in [-0.2, -0.15) is 0 Å². The average Bonchev–Trinajstić information content (AvgIpc) is 3.16. The third-order valence-electron chi connectivity index (χ3n) is 4.41. The lowest BCUT2D eigenvalue weighted by Crippen LogP contribution is -2.30. The predicted molar refractivity (Wildman–Crippen MR) is 116 cm³/mol. The van der Waals surface area contributed by atoms with Crippen LogP contribution in [-0.4, -0.2) is 22.0 Å². The SMILES string of the molecule is CC(C)Oc1ccc(C(=O)N(Cc2cccnc2)c2nc3c(F)cc(F)cc3s2)cc1. The molecule has 31 heavy (non-hydrogen) atoms. The Morgan fingerprint density at radius 3 is 2.61 bits per heavy atom. The number of hydrogen-bond donors (Lipinski definition) is 0. The molecule has 0 bridgehead atoms. The first-order chi connectivity index (χ1) is 14.9. The lowest BCUT2D eigenvalue weighted by atomic mass is 10.1. The molecule has 1 amide bonds. The van der Waals surface area contributed by atoms with E-state index < -0.39 is 11.6 Å². The third-order valence-corrected chi connectivity index (χ3v) is 5.44. The standard InChI is InChI=1S/C23H19F2N3O2S/c1-14(2)30-18-7-5-16(6-8-18)22(29)28(13-15-4-3-9-26-12-15)23-27-21-19(25)10-17(24)11-20(21)31-23/h3-12,14H,13H2,1-2H3. The van der Waals surface area contributed by atoms with Crippen molar-refractivity contribution in [3.05, 3.63) is 83.7 Å². The molecule has 8 heteroatoms. The molecule has 0 aliphatic carbocycles. The first kappa shape index (κ1) is 20.9. The van der Waals surface area contributed by atoms with Crippen LogP contribution in [0.4, 0.5) is 13.9 Å². The molecule has 0 saturated heterocycles. The number of rotatable bonds is 6. The van der Waals surface area contributed by atoms with Crippen LogP contribution in [0.5, 0.6) is 5.75 Å². The van der Waals surface area contributed by atoms with Gasteiger partial charge in [-0.15, -0.1) is 0 Å². The molecule has 0 radical (unpaired) electrons. The van der Waals surface area contributed by atoms with Crippen LogP contribution in [0, 0.1) is 11.6 Å². The molecule has 0 aliphatic heterocycles. The molecule has 0 unspecified atom stereocenters. The van der Waals surface area contributed by atoms with E-state index in [1.165, 1.54) is 11.0 Å². The Balaban J connectivity index is 1.72. The van der Waals surface area contributed by atoms with E-state index in [2.05, 4.69) is 9.97 Å². The fourth-order valence-corrected chi connectivity index (χ4v) is 4.07. The Morgan fingerprint density at radius 2 is 1.94 bits per heavy atom. The Hall–Kier alpha value is -3.39. The number of halogens is 2. The van der Waals surface area contributed by atoms with Gasteiger partial charge in [0.25, 0.3) is 5.91 Å². The Bertz CT molecular complexity index is 1210. The number of anilines is 1. The normalized spacial score (nSPS) is 11.1. The fourth-order valence-electron chi connectivity index (χ4n) is 3.07. The van der Waals surface area contributed by atoms with Gasteiger partial charge in [0.2, 0.25) is 0 Å². The lowest BCUT2D eigenvalue weighted by molar-refractivity contribution is 0.0985. The van der Waals surface area contributed by atoms with E-state index in [0.29, 0.717) is 16.0 Å². The van der Waals surface area contributed by atoms with E-state index in [9.17, 15) is 13.6 Å². The molecule has 0 aliphatic rings. The highest BCUT2D eigenvalue weighted by Gasteiger charge is 2.23. The van der Waals surface area contributed by atoms with Crippen LogP contribution in [0.3, 0.4) is 0 Å². The van der Waals surface area contributed by atoms with Gasteiger partial charge in [-0.25, -0.2) is 13.8 Å².